The summed E-state index contributed by atoms with van der Waals surface area (Å²) in [6.07, 6.45) is 1.93. The maximum Gasteiger partial charge on any atom is 0.271 e. The number of carbonyl (C=O) groups excluding carboxylic acids is 2. The van der Waals surface area contributed by atoms with Crippen LogP contribution in [0.5, 0.6) is 0 Å². The number of aryl methyl sites for hydroxylation is 1. The summed E-state index contributed by atoms with van der Waals surface area (Å²) < 4.78 is 32.6. The molecule has 1 aliphatic carbocycles. The Labute approximate surface area is 176 Å². The van der Waals surface area contributed by atoms with E-state index >= 15 is 0 Å². The Morgan fingerprint density at radius 2 is 1.90 bits per heavy atom. The maximum atomic E-state index is 13.7. The lowest BCUT2D eigenvalue weighted by Gasteiger charge is -2.44. The van der Waals surface area contributed by atoms with E-state index in [0.717, 1.165) is 41.2 Å². The van der Waals surface area contributed by atoms with Crippen molar-refractivity contribution in [1.29, 1.82) is 0 Å². The average molecular weight is 436 g/mol. The Bertz CT molecular complexity index is 986. The zero-order valence-corrected chi connectivity index (χ0v) is 17.7. The molecule has 0 spiro atoms. The second-order valence-electron chi connectivity index (χ2n) is 8.33. The van der Waals surface area contributed by atoms with Crippen molar-refractivity contribution >= 4 is 34.0 Å². The number of rotatable bonds is 5. The molecule has 3 heterocycles. The van der Waals surface area contributed by atoms with Crippen LogP contribution in [-0.2, 0) is 9.53 Å². The van der Waals surface area contributed by atoms with E-state index in [2.05, 4.69) is 29.1 Å². The summed E-state index contributed by atoms with van der Waals surface area (Å²) in [6.45, 7) is 6.35. The SMILES string of the molecule is Cc1sc(N(C(=O)C2COC2)c2cc(F)nc(F)c2)nc1C(=O)N[C@H]1CCC1(C)C. The van der Waals surface area contributed by atoms with E-state index in [0.29, 0.717) is 4.88 Å². The molecule has 10 heteroatoms. The van der Waals surface area contributed by atoms with Gasteiger partial charge in [-0.1, -0.05) is 13.8 Å². The zero-order chi connectivity index (χ0) is 21.6. The Balaban J connectivity index is 1.66. The number of amides is 2. The van der Waals surface area contributed by atoms with Crippen molar-refractivity contribution in [2.45, 2.75) is 39.7 Å². The van der Waals surface area contributed by atoms with Crippen LogP contribution in [0.2, 0.25) is 0 Å². The quantitative estimate of drug-likeness (QED) is 0.727. The number of nitrogens with one attached hydrogen (secondary N) is 1. The minimum absolute atomic E-state index is 0.0285. The largest absolute Gasteiger partial charge is 0.380 e. The van der Waals surface area contributed by atoms with E-state index in [-0.39, 0.29) is 47.1 Å². The molecule has 2 aromatic heterocycles. The zero-order valence-electron chi connectivity index (χ0n) is 16.9. The number of anilines is 2. The van der Waals surface area contributed by atoms with Crippen LogP contribution in [0, 0.1) is 30.2 Å². The first-order chi connectivity index (χ1) is 14.2. The molecule has 160 valence electrons. The van der Waals surface area contributed by atoms with Crippen molar-refractivity contribution in [2.24, 2.45) is 11.3 Å². The number of aromatic nitrogens is 2. The molecule has 1 aliphatic heterocycles. The van der Waals surface area contributed by atoms with Gasteiger partial charge in [0, 0.05) is 23.1 Å². The highest BCUT2D eigenvalue weighted by atomic mass is 32.1. The maximum absolute atomic E-state index is 13.7. The molecule has 0 radical (unpaired) electrons. The minimum Gasteiger partial charge on any atom is -0.380 e. The number of pyridine rings is 1. The van der Waals surface area contributed by atoms with E-state index < -0.39 is 23.7 Å². The molecule has 30 heavy (non-hydrogen) atoms. The van der Waals surface area contributed by atoms with Gasteiger partial charge in [0.2, 0.25) is 17.8 Å². The molecule has 1 saturated carbocycles. The molecule has 7 nitrogen and oxygen atoms in total. The number of thiazole rings is 1. The van der Waals surface area contributed by atoms with Gasteiger partial charge in [-0.25, -0.2) is 4.98 Å². The molecule has 0 bridgehead atoms. The Morgan fingerprint density at radius 1 is 1.23 bits per heavy atom. The van der Waals surface area contributed by atoms with Crippen molar-refractivity contribution in [2.75, 3.05) is 18.1 Å². The molecule has 1 N–H and O–H groups in total. The second-order valence-corrected chi connectivity index (χ2v) is 9.52. The van der Waals surface area contributed by atoms with Gasteiger partial charge in [-0.15, -0.1) is 11.3 Å². The Morgan fingerprint density at radius 3 is 2.40 bits per heavy atom. The first-order valence-corrected chi connectivity index (χ1v) is 10.5. The normalized spacial score (nSPS) is 20.2. The van der Waals surface area contributed by atoms with Crippen LogP contribution in [-0.4, -0.2) is 41.0 Å². The number of ether oxygens (including phenoxy) is 1. The van der Waals surface area contributed by atoms with Crippen molar-refractivity contribution in [3.8, 4) is 0 Å². The van der Waals surface area contributed by atoms with E-state index in [9.17, 15) is 18.4 Å². The molecule has 2 aromatic rings. The second kappa shape index (κ2) is 7.66. The van der Waals surface area contributed by atoms with Crippen LogP contribution in [0.15, 0.2) is 12.1 Å². The molecular formula is C20H22F2N4O3S. The van der Waals surface area contributed by atoms with Crippen LogP contribution >= 0.6 is 11.3 Å². The molecule has 4 rings (SSSR count). The van der Waals surface area contributed by atoms with Crippen molar-refractivity contribution in [3.05, 3.63) is 34.6 Å². The first kappa shape index (κ1) is 20.8. The summed E-state index contributed by atoms with van der Waals surface area (Å²) in [5, 5.41) is 3.17. The smallest absolute Gasteiger partial charge is 0.271 e. The van der Waals surface area contributed by atoms with Gasteiger partial charge in [0.15, 0.2) is 5.13 Å². The molecular weight excluding hydrogens is 414 g/mol. The summed E-state index contributed by atoms with van der Waals surface area (Å²) in [6, 6.07) is 1.99. The van der Waals surface area contributed by atoms with E-state index in [1.807, 2.05) is 0 Å². The van der Waals surface area contributed by atoms with E-state index in [1.165, 1.54) is 0 Å². The number of carbonyl (C=O) groups is 2. The highest BCUT2D eigenvalue weighted by Crippen LogP contribution is 2.40. The van der Waals surface area contributed by atoms with Crippen molar-refractivity contribution in [1.82, 2.24) is 15.3 Å². The average Bonchev–Trinajstić information content (AvgIpc) is 2.97. The van der Waals surface area contributed by atoms with Gasteiger partial charge in [-0.2, -0.15) is 13.8 Å². The molecule has 2 aliphatic rings. The molecule has 2 amide bonds. The fraction of sp³-hybridized carbons (Fsp3) is 0.500. The van der Waals surface area contributed by atoms with E-state index in [1.54, 1.807) is 6.92 Å². The van der Waals surface area contributed by atoms with Crippen LogP contribution in [0.25, 0.3) is 0 Å². The lowest BCUT2D eigenvalue weighted by molar-refractivity contribution is -0.135. The monoisotopic (exact) mass is 436 g/mol. The van der Waals surface area contributed by atoms with Gasteiger partial charge < -0.3 is 10.1 Å². The number of nitrogens with zero attached hydrogens (tertiary/aromatic N) is 3. The van der Waals surface area contributed by atoms with Crippen LogP contribution < -0.4 is 10.2 Å². The fourth-order valence-electron chi connectivity index (χ4n) is 3.52. The highest BCUT2D eigenvalue weighted by molar-refractivity contribution is 7.16. The fourth-order valence-corrected chi connectivity index (χ4v) is 4.46. The lowest BCUT2D eigenvalue weighted by Crippen LogP contribution is -2.52. The molecule has 0 unspecified atom stereocenters. The lowest BCUT2D eigenvalue weighted by atomic mass is 9.67. The Kier molecular flexibility index (Phi) is 5.31. The Hall–Kier alpha value is -2.46. The van der Waals surface area contributed by atoms with Crippen molar-refractivity contribution < 1.29 is 23.1 Å². The number of halogens is 2. The summed E-state index contributed by atoms with van der Waals surface area (Å²) in [5.41, 5.74) is 0.203. The van der Waals surface area contributed by atoms with Gasteiger partial charge in [-0.05, 0) is 25.2 Å². The summed E-state index contributed by atoms with van der Waals surface area (Å²) in [7, 11) is 0. The minimum atomic E-state index is -1.05. The molecule has 2 fully saturated rings. The van der Waals surface area contributed by atoms with Gasteiger partial charge in [0.05, 0.1) is 24.8 Å². The number of hydrogen-bond acceptors (Lipinski definition) is 6. The third kappa shape index (κ3) is 3.81. The topological polar surface area (TPSA) is 84.4 Å². The molecule has 1 saturated heterocycles. The first-order valence-electron chi connectivity index (χ1n) is 9.69. The van der Waals surface area contributed by atoms with Crippen LogP contribution in [0.4, 0.5) is 19.6 Å². The van der Waals surface area contributed by atoms with Crippen LogP contribution in [0.1, 0.15) is 42.1 Å². The van der Waals surface area contributed by atoms with Gasteiger partial charge in [0.1, 0.15) is 5.69 Å². The molecule has 0 aromatic carbocycles. The van der Waals surface area contributed by atoms with Gasteiger partial charge >= 0.3 is 0 Å². The standard InChI is InChI=1S/C20H22F2N4O3S/c1-10-16(17(27)23-13-4-5-20(13,2)3)25-19(30-10)26(18(28)11-8-29-9-11)12-6-14(21)24-15(22)7-12/h6-7,11,13H,4-5,8-9H2,1-3H3,(H,23,27)/t13-/m0/s1. The van der Waals surface area contributed by atoms with Crippen molar-refractivity contribution in [3.63, 3.8) is 0 Å². The number of hydrogen-bond donors (Lipinski definition) is 1. The van der Waals surface area contributed by atoms with Gasteiger partial charge in [0.25, 0.3) is 5.91 Å². The van der Waals surface area contributed by atoms with Crippen LogP contribution in [0.3, 0.4) is 0 Å². The summed E-state index contributed by atoms with van der Waals surface area (Å²) in [4.78, 5) is 35.0. The summed E-state index contributed by atoms with van der Waals surface area (Å²) >= 11 is 1.12. The summed E-state index contributed by atoms with van der Waals surface area (Å²) in [5.74, 6) is -3.26. The third-order valence-corrected chi connectivity index (χ3v) is 6.69. The van der Waals surface area contributed by atoms with Gasteiger partial charge in [-0.3, -0.25) is 14.5 Å². The predicted octanol–water partition coefficient (Wildman–Crippen LogP) is 3.35. The molecule has 1 atom stereocenters. The predicted molar refractivity (Wildman–Crippen MR) is 107 cm³/mol. The van der Waals surface area contributed by atoms with E-state index in [4.69, 9.17) is 4.74 Å². The highest BCUT2D eigenvalue weighted by Gasteiger charge is 2.40. The third-order valence-electron chi connectivity index (χ3n) is 5.73.